The average molecular weight is 284 g/mol. The molecule has 0 aliphatic heterocycles. The smallest absolute Gasteiger partial charge is 0.251 e. The summed E-state index contributed by atoms with van der Waals surface area (Å²) in [5.74, 6) is 6.51. The SMILES string of the molecule is Cc1c(C#CCN)cccc1C(=O)NCC1CCCCC1. The first kappa shape index (κ1) is 15.6. The number of carbonyl (C=O) groups is 1. The van der Waals surface area contributed by atoms with Gasteiger partial charge in [-0.1, -0.05) is 37.2 Å². The third kappa shape index (κ3) is 4.34. The van der Waals surface area contributed by atoms with Crippen molar-refractivity contribution in [2.75, 3.05) is 13.1 Å². The quantitative estimate of drug-likeness (QED) is 0.838. The molecule has 0 heterocycles. The highest BCUT2D eigenvalue weighted by molar-refractivity contribution is 5.96. The lowest BCUT2D eigenvalue weighted by molar-refractivity contribution is 0.0943. The number of rotatable bonds is 3. The molecule has 1 saturated carbocycles. The fourth-order valence-electron chi connectivity index (χ4n) is 2.89. The van der Waals surface area contributed by atoms with E-state index in [0.717, 1.165) is 23.2 Å². The standard InChI is InChI=1S/C18H24N2O/c1-14-16(10-6-12-19)9-5-11-17(14)18(21)20-13-15-7-3-2-4-8-15/h5,9,11,15H,2-4,7-8,12-13,19H2,1H3,(H,20,21). The second-order valence-corrected chi connectivity index (χ2v) is 5.70. The zero-order valence-corrected chi connectivity index (χ0v) is 12.7. The molecule has 0 atom stereocenters. The monoisotopic (exact) mass is 284 g/mol. The Hall–Kier alpha value is -1.79. The summed E-state index contributed by atoms with van der Waals surface area (Å²) in [6, 6.07) is 5.66. The van der Waals surface area contributed by atoms with E-state index in [1.54, 1.807) is 0 Å². The van der Waals surface area contributed by atoms with Crippen molar-refractivity contribution in [2.24, 2.45) is 11.7 Å². The Morgan fingerprint density at radius 2 is 2.10 bits per heavy atom. The van der Waals surface area contributed by atoms with Crippen LogP contribution in [0.1, 0.15) is 53.6 Å². The van der Waals surface area contributed by atoms with Gasteiger partial charge >= 0.3 is 0 Å². The Bertz CT molecular complexity index is 548. The van der Waals surface area contributed by atoms with Crippen molar-refractivity contribution in [3.63, 3.8) is 0 Å². The minimum absolute atomic E-state index is 0.00877. The van der Waals surface area contributed by atoms with Crippen LogP contribution in [0.5, 0.6) is 0 Å². The Morgan fingerprint density at radius 1 is 1.33 bits per heavy atom. The molecule has 1 fully saturated rings. The molecule has 1 aromatic carbocycles. The fourth-order valence-corrected chi connectivity index (χ4v) is 2.89. The van der Waals surface area contributed by atoms with Crippen molar-refractivity contribution in [3.05, 3.63) is 34.9 Å². The largest absolute Gasteiger partial charge is 0.352 e. The first-order valence-corrected chi connectivity index (χ1v) is 7.79. The molecule has 112 valence electrons. The van der Waals surface area contributed by atoms with Gasteiger partial charge < -0.3 is 11.1 Å². The summed E-state index contributed by atoms with van der Waals surface area (Å²) >= 11 is 0. The van der Waals surface area contributed by atoms with Gasteiger partial charge in [-0.3, -0.25) is 4.79 Å². The van der Waals surface area contributed by atoms with Crippen LogP contribution in [-0.4, -0.2) is 19.0 Å². The Balaban J connectivity index is 2.01. The van der Waals surface area contributed by atoms with Crippen LogP contribution < -0.4 is 11.1 Å². The van der Waals surface area contributed by atoms with Gasteiger partial charge in [-0.2, -0.15) is 0 Å². The van der Waals surface area contributed by atoms with E-state index < -0.39 is 0 Å². The van der Waals surface area contributed by atoms with Crippen LogP contribution in [0.25, 0.3) is 0 Å². The molecule has 0 bridgehead atoms. The highest BCUT2D eigenvalue weighted by atomic mass is 16.1. The van der Waals surface area contributed by atoms with Gasteiger partial charge in [0.05, 0.1) is 6.54 Å². The zero-order chi connectivity index (χ0) is 15.1. The lowest BCUT2D eigenvalue weighted by Crippen LogP contribution is -2.30. The summed E-state index contributed by atoms with van der Waals surface area (Å²) in [6.45, 7) is 3.06. The normalized spacial score (nSPS) is 15.1. The highest BCUT2D eigenvalue weighted by Gasteiger charge is 2.16. The average Bonchev–Trinajstić information content (AvgIpc) is 2.52. The van der Waals surface area contributed by atoms with Crippen molar-refractivity contribution < 1.29 is 4.79 Å². The maximum absolute atomic E-state index is 12.4. The minimum Gasteiger partial charge on any atom is -0.352 e. The second kappa shape index (κ2) is 7.85. The topological polar surface area (TPSA) is 55.1 Å². The molecule has 3 N–H and O–H groups in total. The van der Waals surface area contributed by atoms with Gasteiger partial charge in [0, 0.05) is 17.7 Å². The predicted octanol–water partition coefficient (Wildman–Crippen LogP) is 2.62. The number of carbonyl (C=O) groups excluding carboxylic acids is 1. The van der Waals surface area contributed by atoms with Crippen LogP contribution in [0.15, 0.2) is 18.2 Å². The van der Waals surface area contributed by atoms with Crippen LogP contribution in [0, 0.1) is 24.7 Å². The van der Waals surface area contributed by atoms with Gasteiger partial charge in [0.15, 0.2) is 0 Å². The number of hydrogen-bond donors (Lipinski definition) is 2. The van der Waals surface area contributed by atoms with Crippen LogP contribution in [0.2, 0.25) is 0 Å². The predicted molar refractivity (Wildman–Crippen MR) is 86.0 cm³/mol. The van der Waals surface area contributed by atoms with E-state index in [-0.39, 0.29) is 5.91 Å². The van der Waals surface area contributed by atoms with Crippen LogP contribution >= 0.6 is 0 Å². The van der Waals surface area contributed by atoms with Gasteiger partial charge in [0.1, 0.15) is 0 Å². The van der Waals surface area contributed by atoms with Gasteiger partial charge in [-0.05, 0) is 43.4 Å². The molecule has 1 amide bonds. The number of nitrogens with one attached hydrogen (secondary N) is 1. The summed E-state index contributed by atoms with van der Waals surface area (Å²) in [5.41, 5.74) is 7.93. The number of nitrogens with two attached hydrogens (primary N) is 1. The van der Waals surface area contributed by atoms with Gasteiger partial charge in [-0.25, -0.2) is 0 Å². The minimum atomic E-state index is 0.00877. The summed E-state index contributed by atoms with van der Waals surface area (Å²) in [7, 11) is 0. The fraction of sp³-hybridized carbons (Fsp3) is 0.500. The molecule has 0 spiro atoms. The van der Waals surface area contributed by atoms with Crippen molar-refractivity contribution in [1.29, 1.82) is 0 Å². The first-order chi connectivity index (χ1) is 10.2. The number of hydrogen-bond acceptors (Lipinski definition) is 2. The highest BCUT2D eigenvalue weighted by Crippen LogP contribution is 2.23. The summed E-state index contributed by atoms with van der Waals surface area (Å²) in [5, 5.41) is 3.08. The molecule has 1 aliphatic rings. The molecule has 1 aliphatic carbocycles. The van der Waals surface area contributed by atoms with Crippen molar-refractivity contribution in [3.8, 4) is 11.8 Å². The molecule has 0 unspecified atom stereocenters. The molecule has 0 aromatic heterocycles. The molecule has 3 nitrogen and oxygen atoms in total. The molecule has 3 heteroatoms. The van der Waals surface area contributed by atoms with Crippen LogP contribution in [0.3, 0.4) is 0 Å². The van der Waals surface area contributed by atoms with E-state index in [1.165, 1.54) is 32.1 Å². The Labute approximate surface area is 127 Å². The van der Waals surface area contributed by atoms with E-state index >= 15 is 0 Å². The second-order valence-electron chi connectivity index (χ2n) is 5.70. The molecule has 2 rings (SSSR count). The summed E-state index contributed by atoms with van der Waals surface area (Å²) < 4.78 is 0. The van der Waals surface area contributed by atoms with Crippen LogP contribution in [-0.2, 0) is 0 Å². The molecule has 0 saturated heterocycles. The number of amides is 1. The molecule has 0 radical (unpaired) electrons. The first-order valence-electron chi connectivity index (χ1n) is 7.79. The third-order valence-electron chi connectivity index (χ3n) is 4.18. The third-order valence-corrected chi connectivity index (χ3v) is 4.18. The van der Waals surface area contributed by atoms with Gasteiger partial charge in [0.25, 0.3) is 5.91 Å². The molecule has 1 aromatic rings. The zero-order valence-electron chi connectivity index (χ0n) is 12.7. The Morgan fingerprint density at radius 3 is 2.81 bits per heavy atom. The van der Waals surface area contributed by atoms with E-state index in [2.05, 4.69) is 17.2 Å². The lowest BCUT2D eigenvalue weighted by Gasteiger charge is -2.22. The van der Waals surface area contributed by atoms with Crippen molar-refractivity contribution in [1.82, 2.24) is 5.32 Å². The summed E-state index contributed by atoms with van der Waals surface area (Å²) in [4.78, 5) is 12.4. The van der Waals surface area contributed by atoms with Crippen molar-refractivity contribution >= 4 is 5.91 Å². The molecule has 21 heavy (non-hydrogen) atoms. The maximum Gasteiger partial charge on any atom is 0.251 e. The van der Waals surface area contributed by atoms with Gasteiger partial charge in [0.2, 0.25) is 0 Å². The van der Waals surface area contributed by atoms with E-state index in [9.17, 15) is 4.79 Å². The Kier molecular flexibility index (Phi) is 5.83. The van der Waals surface area contributed by atoms with Crippen molar-refractivity contribution in [2.45, 2.75) is 39.0 Å². The molecular formula is C18H24N2O. The van der Waals surface area contributed by atoms with E-state index in [1.807, 2.05) is 25.1 Å². The van der Waals surface area contributed by atoms with E-state index in [4.69, 9.17) is 5.73 Å². The lowest BCUT2D eigenvalue weighted by atomic mass is 9.89. The van der Waals surface area contributed by atoms with E-state index in [0.29, 0.717) is 12.5 Å². The van der Waals surface area contributed by atoms with Gasteiger partial charge in [-0.15, -0.1) is 0 Å². The molecular weight excluding hydrogens is 260 g/mol. The van der Waals surface area contributed by atoms with Crippen LogP contribution in [0.4, 0.5) is 0 Å². The number of benzene rings is 1. The summed E-state index contributed by atoms with van der Waals surface area (Å²) in [6.07, 6.45) is 6.40. The maximum atomic E-state index is 12.4.